The number of thiocarbonyl (C=S) groups is 1. The number of hydrogen-bond acceptors (Lipinski definition) is 4. The van der Waals surface area contributed by atoms with Crippen LogP contribution >= 0.6 is 12.2 Å². The molecule has 0 aliphatic carbocycles. The molecule has 0 amide bonds. The van der Waals surface area contributed by atoms with Crippen molar-refractivity contribution in [3.05, 3.63) is 40.2 Å². The van der Waals surface area contributed by atoms with Crippen LogP contribution in [0.1, 0.15) is 5.56 Å². The molecule has 2 heterocycles. The lowest BCUT2D eigenvalue weighted by Gasteiger charge is -2.34. The van der Waals surface area contributed by atoms with Crippen LogP contribution in [0.25, 0.3) is 11.0 Å². The topological polar surface area (TPSA) is 48.7 Å². The Bertz CT molecular complexity index is 764. The van der Waals surface area contributed by atoms with E-state index in [4.69, 9.17) is 16.6 Å². The average Bonchev–Trinajstić information content (AvgIpc) is 2.47. The van der Waals surface area contributed by atoms with Crippen molar-refractivity contribution >= 4 is 34.0 Å². The molecule has 2 aromatic rings. The van der Waals surface area contributed by atoms with Gasteiger partial charge < -0.3 is 19.5 Å². The summed E-state index contributed by atoms with van der Waals surface area (Å²) < 4.78 is 5.27. The van der Waals surface area contributed by atoms with Crippen LogP contribution in [0, 0.1) is 6.92 Å². The minimum Gasteiger partial charge on any atom is -0.423 e. The molecule has 0 unspecified atom stereocenters. The van der Waals surface area contributed by atoms with Gasteiger partial charge in [-0.15, -0.1) is 0 Å². The van der Waals surface area contributed by atoms with Crippen molar-refractivity contribution in [2.24, 2.45) is 0 Å². The van der Waals surface area contributed by atoms with Crippen LogP contribution in [0.5, 0.6) is 0 Å². The minimum absolute atomic E-state index is 0.330. The molecule has 116 valence electrons. The minimum atomic E-state index is -0.330. The average molecular weight is 317 g/mol. The van der Waals surface area contributed by atoms with Crippen molar-refractivity contribution < 1.29 is 4.42 Å². The lowest BCUT2D eigenvalue weighted by atomic mass is 10.1. The Morgan fingerprint density at radius 2 is 1.95 bits per heavy atom. The SMILES string of the molecule is Cc1cc(=O)oc2cc(NC(=S)N3CCN(C)CC3)ccc12. The molecule has 3 rings (SSSR count). The van der Waals surface area contributed by atoms with Gasteiger partial charge in [-0.2, -0.15) is 0 Å². The maximum Gasteiger partial charge on any atom is 0.336 e. The van der Waals surface area contributed by atoms with Gasteiger partial charge in [0.15, 0.2) is 5.11 Å². The number of benzene rings is 1. The van der Waals surface area contributed by atoms with Crippen LogP contribution < -0.4 is 10.9 Å². The molecule has 6 heteroatoms. The molecule has 0 radical (unpaired) electrons. The predicted molar refractivity (Wildman–Crippen MR) is 92.5 cm³/mol. The molecular formula is C16H19N3O2S. The van der Waals surface area contributed by atoms with Gasteiger partial charge in [0.2, 0.25) is 0 Å². The summed E-state index contributed by atoms with van der Waals surface area (Å²) in [6.07, 6.45) is 0. The molecule has 0 spiro atoms. The van der Waals surface area contributed by atoms with Crippen LogP contribution in [0.15, 0.2) is 33.5 Å². The van der Waals surface area contributed by atoms with E-state index >= 15 is 0 Å². The lowest BCUT2D eigenvalue weighted by molar-refractivity contribution is 0.217. The fraction of sp³-hybridized carbons (Fsp3) is 0.375. The maximum atomic E-state index is 11.5. The molecule has 1 aliphatic heterocycles. The van der Waals surface area contributed by atoms with E-state index in [0.29, 0.717) is 10.7 Å². The first kappa shape index (κ1) is 15.0. The Labute approximate surface area is 134 Å². The van der Waals surface area contributed by atoms with Crippen LogP contribution in [0.2, 0.25) is 0 Å². The molecular weight excluding hydrogens is 298 g/mol. The van der Waals surface area contributed by atoms with Crippen molar-refractivity contribution in [3.63, 3.8) is 0 Å². The third-order valence-electron chi connectivity index (χ3n) is 3.99. The Balaban J connectivity index is 1.79. The zero-order chi connectivity index (χ0) is 15.7. The van der Waals surface area contributed by atoms with Gasteiger partial charge in [0.05, 0.1) is 0 Å². The predicted octanol–water partition coefficient (Wildman–Crippen LogP) is 2.05. The fourth-order valence-electron chi connectivity index (χ4n) is 2.61. The lowest BCUT2D eigenvalue weighted by Crippen LogP contribution is -2.48. The number of nitrogens with one attached hydrogen (secondary N) is 1. The third kappa shape index (κ3) is 3.13. The summed E-state index contributed by atoms with van der Waals surface area (Å²) in [5.41, 5.74) is 2.00. The molecule has 1 saturated heterocycles. The largest absolute Gasteiger partial charge is 0.423 e. The number of nitrogens with zero attached hydrogens (tertiary/aromatic N) is 2. The molecule has 0 bridgehead atoms. The summed E-state index contributed by atoms with van der Waals surface area (Å²) in [5.74, 6) is 0. The van der Waals surface area contributed by atoms with Gasteiger partial charge >= 0.3 is 5.63 Å². The van der Waals surface area contributed by atoms with Gasteiger partial charge in [0, 0.05) is 49.4 Å². The first-order valence-electron chi connectivity index (χ1n) is 7.32. The van der Waals surface area contributed by atoms with E-state index < -0.39 is 0 Å². The number of likely N-dealkylation sites (N-methyl/N-ethyl adjacent to an activating group) is 1. The number of fused-ring (bicyclic) bond motifs is 1. The second-order valence-corrected chi connectivity index (χ2v) is 6.07. The van der Waals surface area contributed by atoms with E-state index in [9.17, 15) is 4.79 Å². The summed E-state index contributed by atoms with van der Waals surface area (Å²) in [5, 5.41) is 4.89. The molecule has 5 nitrogen and oxygen atoms in total. The zero-order valence-corrected chi connectivity index (χ0v) is 13.6. The maximum absolute atomic E-state index is 11.5. The highest BCUT2D eigenvalue weighted by Gasteiger charge is 2.16. The van der Waals surface area contributed by atoms with E-state index in [1.807, 2.05) is 25.1 Å². The molecule has 0 saturated carbocycles. The van der Waals surface area contributed by atoms with Crippen LogP contribution in [-0.2, 0) is 0 Å². The molecule has 1 fully saturated rings. The summed E-state index contributed by atoms with van der Waals surface area (Å²) in [4.78, 5) is 15.9. The van der Waals surface area contributed by atoms with Gasteiger partial charge in [-0.3, -0.25) is 0 Å². The second-order valence-electron chi connectivity index (χ2n) is 5.68. The molecule has 1 N–H and O–H groups in total. The van der Waals surface area contributed by atoms with Crippen molar-refractivity contribution in [3.8, 4) is 0 Å². The van der Waals surface area contributed by atoms with Crippen LogP contribution in [-0.4, -0.2) is 48.1 Å². The summed E-state index contributed by atoms with van der Waals surface area (Å²) in [6, 6.07) is 7.23. The van der Waals surface area contributed by atoms with E-state index in [1.54, 1.807) is 0 Å². The summed E-state index contributed by atoms with van der Waals surface area (Å²) in [7, 11) is 2.11. The summed E-state index contributed by atoms with van der Waals surface area (Å²) >= 11 is 5.47. The number of aryl methyl sites for hydroxylation is 1. The van der Waals surface area contributed by atoms with Crippen molar-refractivity contribution in [1.82, 2.24) is 9.80 Å². The highest BCUT2D eigenvalue weighted by atomic mass is 32.1. The Kier molecular flexibility index (Phi) is 4.13. The number of hydrogen-bond donors (Lipinski definition) is 1. The highest BCUT2D eigenvalue weighted by Crippen LogP contribution is 2.21. The van der Waals surface area contributed by atoms with Gasteiger partial charge in [-0.1, -0.05) is 0 Å². The Morgan fingerprint density at radius 1 is 1.23 bits per heavy atom. The molecule has 1 aromatic carbocycles. The smallest absolute Gasteiger partial charge is 0.336 e. The quantitative estimate of drug-likeness (QED) is 0.642. The van der Waals surface area contributed by atoms with Crippen molar-refractivity contribution in [2.45, 2.75) is 6.92 Å². The third-order valence-corrected chi connectivity index (χ3v) is 4.35. The first-order valence-corrected chi connectivity index (χ1v) is 7.73. The van der Waals surface area contributed by atoms with Crippen molar-refractivity contribution in [1.29, 1.82) is 0 Å². The van der Waals surface area contributed by atoms with Crippen LogP contribution in [0.3, 0.4) is 0 Å². The Morgan fingerprint density at radius 3 is 2.68 bits per heavy atom. The first-order chi connectivity index (χ1) is 10.5. The second kappa shape index (κ2) is 6.06. The van der Waals surface area contributed by atoms with E-state index in [-0.39, 0.29) is 5.63 Å². The van der Waals surface area contributed by atoms with Gasteiger partial charge in [-0.25, -0.2) is 4.79 Å². The normalized spacial score (nSPS) is 16.0. The monoisotopic (exact) mass is 317 g/mol. The van der Waals surface area contributed by atoms with Crippen molar-refractivity contribution in [2.75, 3.05) is 38.5 Å². The number of anilines is 1. The number of rotatable bonds is 1. The van der Waals surface area contributed by atoms with Gasteiger partial charge in [0.25, 0.3) is 0 Å². The molecule has 22 heavy (non-hydrogen) atoms. The highest BCUT2D eigenvalue weighted by molar-refractivity contribution is 7.80. The van der Waals surface area contributed by atoms with E-state index in [2.05, 4.69) is 22.2 Å². The molecule has 1 aromatic heterocycles. The molecule has 0 atom stereocenters. The van der Waals surface area contributed by atoms with Gasteiger partial charge in [-0.05, 0) is 43.9 Å². The molecule has 1 aliphatic rings. The van der Waals surface area contributed by atoms with E-state index in [0.717, 1.165) is 42.8 Å². The fourth-order valence-corrected chi connectivity index (χ4v) is 2.92. The van der Waals surface area contributed by atoms with Gasteiger partial charge in [0.1, 0.15) is 5.58 Å². The zero-order valence-electron chi connectivity index (χ0n) is 12.8. The standard InChI is InChI=1S/C16H19N3O2S/c1-11-9-15(20)21-14-10-12(3-4-13(11)14)17-16(22)19-7-5-18(2)6-8-19/h3-4,9-10H,5-8H2,1-2H3,(H,17,22). The number of piperazine rings is 1. The Hall–Kier alpha value is -1.92. The summed E-state index contributed by atoms with van der Waals surface area (Å²) in [6.45, 7) is 5.76. The van der Waals surface area contributed by atoms with E-state index in [1.165, 1.54) is 6.07 Å². The van der Waals surface area contributed by atoms with Crippen LogP contribution in [0.4, 0.5) is 5.69 Å².